The van der Waals surface area contributed by atoms with Gasteiger partial charge >= 0.3 is 6.18 Å². The maximum Gasteiger partial charge on any atom is 0.417 e. The van der Waals surface area contributed by atoms with Gasteiger partial charge in [0.15, 0.2) is 0 Å². The summed E-state index contributed by atoms with van der Waals surface area (Å²) in [7, 11) is 0. The molecule has 0 spiro atoms. The Hall–Kier alpha value is -2.91. The van der Waals surface area contributed by atoms with Crippen LogP contribution in [-0.2, 0) is 4.79 Å². The van der Waals surface area contributed by atoms with Crippen molar-refractivity contribution in [1.29, 1.82) is 0 Å². The van der Waals surface area contributed by atoms with Gasteiger partial charge < -0.3 is 21.1 Å². The van der Waals surface area contributed by atoms with Crippen molar-refractivity contribution in [1.82, 2.24) is 15.6 Å². The van der Waals surface area contributed by atoms with Gasteiger partial charge in [0.1, 0.15) is 0 Å². The average Bonchev–Trinajstić information content (AvgIpc) is 3.62. The number of aliphatic hydroxyl groups is 1. The molecule has 1 aliphatic heterocycles. The monoisotopic (exact) mass is 460 g/mol. The normalized spacial score (nSPS) is 21.3. The third-order valence-corrected chi connectivity index (χ3v) is 5.94. The average molecular weight is 461 g/mol. The SMILES string of the molecule is C=C(c1nc(/C=C/CNC(=O)C2CC2)cc2c(N[C@@H]3CCNC[C@@H]3O)cccc12)C(F)(F)F. The predicted molar refractivity (Wildman–Crippen MR) is 123 cm³/mol. The van der Waals surface area contributed by atoms with Crippen LogP contribution >= 0.6 is 0 Å². The fourth-order valence-electron chi connectivity index (χ4n) is 3.91. The second kappa shape index (κ2) is 9.52. The van der Waals surface area contributed by atoms with Crippen molar-refractivity contribution >= 4 is 34.0 Å². The van der Waals surface area contributed by atoms with Gasteiger partial charge in [-0.3, -0.25) is 4.79 Å². The zero-order valence-electron chi connectivity index (χ0n) is 18.1. The van der Waals surface area contributed by atoms with E-state index in [1.54, 1.807) is 36.4 Å². The lowest BCUT2D eigenvalue weighted by atomic mass is 9.99. The minimum atomic E-state index is -4.63. The van der Waals surface area contributed by atoms with E-state index in [0.29, 0.717) is 35.1 Å². The number of hydrogen-bond donors (Lipinski definition) is 4. The number of nitrogens with zero attached hydrogens (tertiary/aromatic N) is 1. The molecule has 1 amide bonds. The van der Waals surface area contributed by atoms with Crippen LogP contribution in [0.3, 0.4) is 0 Å². The Morgan fingerprint density at radius 3 is 2.76 bits per heavy atom. The molecule has 2 atom stereocenters. The highest BCUT2D eigenvalue weighted by Crippen LogP contribution is 2.37. The van der Waals surface area contributed by atoms with E-state index in [2.05, 4.69) is 27.5 Å². The topological polar surface area (TPSA) is 86.3 Å². The van der Waals surface area contributed by atoms with Gasteiger partial charge in [0.25, 0.3) is 0 Å². The Labute approximate surface area is 190 Å². The van der Waals surface area contributed by atoms with Crippen LogP contribution in [0.5, 0.6) is 0 Å². The maximum absolute atomic E-state index is 13.5. The molecule has 2 aliphatic rings. The van der Waals surface area contributed by atoms with Gasteiger partial charge in [-0.05, 0) is 44.0 Å². The number of fused-ring (bicyclic) bond motifs is 1. The lowest BCUT2D eigenvalue weighted by Gasteiger charge is -2.30. The van der Waals surface area contributed by atoms with Crippen LogP contribution in [0.1, 0.15) is 30.7 Å². The third kappa shape index (κ3) is 5.54. The van der Waals surface area contributed by atoms with Crippen LogP contribution in [0.4, 0.5) is 18.9 Å². The first kappa shape index (κ1) is 23.3. The van der Waals surface area contributed by atoms with E-state index in [9.17, 15) is 23.1 Å². The molecule has 9 heteroatoms. The Bertz CT molecular complexity index is 1080. The van der Waals surface area contributed by atoms with E-state index in [1.165, 1.54) is 0 Å². The van der Waals surface area contributed by atoms with Crippen molar-refractivity contribution in [2.24, 2.45) is 5.92 Å². The molecule has 2 heterocycles. The van der Waals surface area contributed by atoms with Crippen LogP contribution in [-0.4, -0.2) is 54.0 Å². The molecule has 2 fully saturated rings. The number of aliphatic hydroxyl groups excluding tert-OH is 1. The summed E-state index contributed by atoms with van der Waals surface area (Å²) in [5, 5.41) is 20.4. The molecule has 0 radical (unpaired) electrons. The first-order chi connectivity index (χ1) is 15.7. The van der Waals surface area contributed by atoms with E-state index >= 15 is 0 Å². The van der Waals surface area contributed by atoms with E-state index in [-0.39, 0.29) is 30.1 Å². The quantitative estimate of drug-likeness (QED) is 0.508. The van der Waals surface area contributed by atoms with Crippen LogP contribution in [0, 0.1) is 5.92 Å². The van der Waals surface area contributed by atoms with Crippen LogP contribution < -0.4 is 16.0 Å². The lowest BCUT2D eigenvalue weighted by Crippen LogP contribution is -2.47. The highest BCUT2D eigenvalue weighted by atomic mass is 19.4. The van der Waals surface area contributed by atoms with Crippen molar-refractivity contribution in [3.05, 3.63) is 48.3 Å². The number of hydrogen-bond acceptors (Lipinski definition) is 5. The van der Waals surface area contributed by atoms with E-state index in [0.717, 1.165) is 19.4 Å². The molecule has 1 saturated heterocycles. The predicted octanol–water partition coefficient (Wildman–Crippen LogP) is 3.48. The summed E-state index contributed by atoms with van der Waals surface area (Å²) in [6.45, 7) is 4.70. The number of carbonyl (C=O) groups excluding carboxylic acids is 1. The van der Waals surface area contributed by atoms with Crippen molar-refractivity contribution in [2.75, 3.05) is 25.0 Å². The minimum Gasteiger partial charge on any atom is -0.390 e. The number of amides is 1. The zero-order valence-corrected chi connectivity index (χ0v) is 18.1. The number of nitrogens with one attached hydrogen (secondary N) is 3. The largest absolute Gasteiger partial charge is 0.417 e. The number of pyridine rings is 1. The van der Waals surface area contributed by atoms with Crippen LogP contribution in [0.15, 0.2) is 36.9 Å². The number of alkyl halides is 3. The Kier molecular flexibility index (Phi) is 6.71. The zero-order chi connectivity index (χ0) is 23.6. The molecule has 2 aromatic rings. The van der Waals surface area contributed by atoms with Gasteiger partial charge in [-0.25, -0.2) is 4.98 Å². The summed E-state index contributed by atoms with van der Waals surface area (Å²) in [6, 6.07) is 6.51. The number of rotatable bonds is 7. The van der Waals surface area contributed by atoms with Gasteiger partial charge in [0, 0.05) is 35.5 Å². The molecular formula is C24H27F3N4O2. The number of aromatic nitrogens is 1. The fraction of sp³-hybridized carbons (Fsp3) is 0.417. The molecule has 0 unspecified atom stereocenters. The van der Waals surface area contributed by atoms with Crippen LogP contribution in [0.2, 0.25) is 0 Å². The molecule has 176 valence electrons. The highest BCUT2D eigenvalue weighted by Gasteiger charge is 2.35. The maximum atomic E-state index is 13.5. The molecule has 4 N–H and O–H groups in total. The summed E-state index contributed by atoms with van der Waals surface area (Å²) in [4.78, 5) is 16.0. The second-order valence-electron chi connectivity index (χ2n) is 8.51. The first-order valence-corrected chi connectivity index (χ1v) is 11.0. The van der Waals surface area contributed by atoms with Gasteiger partial charge in [-0.1, -0.05) is 24.8 Å². The summed E-state index contributed by atoms with van der Waals surface area (Å²) in [5.74, 6) is 0.0714. The fourth-order valence-corrected chi connectivity index (χ4v) is 3.91. The minimum absolute atomic E-state index is 0.00993. The Morgan fingerprint density at radius 1 is 1.27 bits per heavy atom. The number of β-amino-alcohol motifs (C(OH)–C–C–N with tert-alkyl or cyclic N) is 1. The van der Waals surface area contributed by atoms with E-state index in [1.807, 2.05) is 0 Å². The summed E-state index contributed by atoms with van der Waals surface area (Å²) < 4.78 is 40.6. The van der Waals surface area contributed by atoms with Crippen LogP contribution in [0.25, 0.3) is 22.4 Å². The summed E-state index contributed by atoms with van der Waals surface area (Å²) >= 11 is 0. The number of anilines is 1. The number of benzene rings is 1. The van der Waals surface area contributed by atoms with Gasteiger partial charge in [-0.15, -0.1) is 0 Å². The lowest BCUT2D eigenvalue weighted by molar-refractivity contribution is -0.122. The second-order valence-corrected chi connectivity index (χ2v) is 8.51. The standard InChI is InChI=1S/C24H27F3N4O2/c1-14(24(25,26)27)22-17-5-2-6-19(31-20-9-11-28-13-21(20)32)18(17)12-16(30-22)4-3-10-29-23(33)15-7-8-15/h2-6,12,15,20-21,28,31-32H,1,7-11,13H2,(H,29,33)/b4-3+/t20-,21+/m1/s1. The number of carbonyl (C=O) groups is 1. The van der Waals surface area contributed by atoms with Crippen molar-refractivity contribution < 1.29 is 23.1 Å². The first-order valence-electron chi connectivity index (χ1n) is 11.0. The molecule has 0 bridgehead atoms. The van der Waals surface area contributed by atoms with Gasteiger partial charge in [0.2, 0.25) is 5.91 Å². The molecule has 1 aliphatic carbocycles. The molecule has 33 heavy (non-hydrogen) atoms. The molecular weight excluding hydrogens is 433 g/mol. The number of allylic oxidation sites excluding steroid dienone is 1. The van der Waals surface area contributed by atoms with Crippen molar-refractivity contribution in [3.8, 4) is 0 Å². The molecule has 6 nitrogen and oxygen atoms in total. The third-order valence-electron chi connectivity index (χ3n) is 5.94. The van der Waals surface area contributed by atoms with E-state index < -0.39 is 17.9 Å². The van der Waals surface area contributed by atoms with E-state index in [4.69, 9.17) is 0 Å². The van der Waals surface area contributed by atoms with Gasteiger partial charge in [0.05, 0.1) is 29.1 Å². The molecule has 1 aromatic carbocycles. The smallest absolute Gasteiger partial charge is 0.390 e. The number of piperidine rings is 1. The Morgan fingerprint density at radius 2 is 2.06 bits per heavy atom. The molecule has 4 rings (SSSR count). The molecule has 1 aromatic heterocycles. The van der Waals surface area contributed by atoms with Gasteiger partial charge in [-0.2, -0.15) is 13.2 Å². The summed E-state index contributed by atoms with van der Waals surface area (Å²) in [6.07, 6.45) is 0.484. The summed E-state index contributed by atoms with van der Waals surface area (Å²) in [5.41, 5.74) is -0.322. The molecule has 1 saturated carbocycles. The Balaban J connectivity index is 1.67. The van der Waals surface area contributed by atoms with Crippen molar-refractivity contribution in [2.45, 2.75) is 37.6 Å². The number of halogens is 3. The van der Waals surface area contributed by atoms with Crippen molar-refractivity contribution in [3.63, 3.8) is 0 Å². The highest BCUT2D eigenvalue weighted by molar-refractivity contribution is 6.00.